The third-order valence-electron chi connectivity index (χ3n) is 4.16. The maximum atomic E-state index is 12.2. The van der Waals surface area contributed by atoms with Crippen molar-refractivity contribution in [1.29, 1.82) is 0 Å². The second kappa shape index (κ2) is 6.80. The van der Waals surface area contributed by atoms with E-state index in [2.05, 4.69) is 20.9 Å². The lowest BCUT2D eigenvalue weighted by Gasteiger charge is -2.14. The summed E-state index contributed by atoms with van der Waals surface area (Å²) < 4.78 is 7.09. The van der Waals surface area contributed by atoms with Crippen LogP contribution >= 0.6 is 0 Å². The number of benzene rings is 1. The molecule has 2 aromatic heterocycles. The highest BCUT2D eigenvalue weighted by atomic mass is 16.5. The van der Waals surface area contributed by atoms with Crippen molar-refractivity contribution in [1.82, 2.24) is 20.3 Å². The summed E-state index contributed by atoms with van der Waals surface area (Å²) in [6.45, 7) is 5.84. The van der Waals surface area contributed by atoms with E-state index in [0.29, 0.717) is 11.6 Å². The van der Waals surface area contributed by atoms with E-state index in [-0.39, 0.29) is 12.1 Å². The third-order valence-corrected chi connectivity index (χ3v) is 4.16. The number of hydrogen-bond acceptors (Lipinski definition) is 4. The van der Waals surface area contributed by atoms with Gasteiger partial charge in [0.15, 0.2) is 11.6 Å². The molecule has 0 saturated heterocycles. The van der Waals surface area contributed by atoms with Crippen LogP contribution in [0.25, 0.3) is 11.3 Å². The molecule has 2 heterocycles. The number of rotatable bonds is 4. The molecule has 3 rings (SSSR count). The first-order chi connectivity index (χ1) is 12.0. The lowest BCUT2D eigenvalue weighted by Crippen LogP contribution is -2.31. The summed E-state index contributed by atoms with van der Waals surface area (Å²) in [7, 11) is 1.89. The lowest BCUT2D eigenvalue weighted by molar-refractivity contribution is 0.249. The summed E-state index contributed by atoms with van der Waals surface area (Å²) in [5, 5.41) is 13.9. The molecular formula is C18H21N5O2. The Morgan fingerprint density at radius 3 is 2.60 bits per heavy atom. The number of nitrogens with zero attached hydrogens (tertiary/aromatic N) is 3. The van der Waals surface area contributed by atoms with Crippen molar-refractivity contribution in [3.8, 4) is 11.3 Å². The van der Waals surface area contributed by atoms with Crippen molar-refractivity contribution in [3.63, 3.8) is 0 Å². The van der Waals surface area contributed by atoms with Gasteiger partial charge in [0.1, 0.15) is 0 Å². The molecule has 0 fully saturated rings. The van der Waals surface area contributed by atoms with Crippen LogP contribution in [0.1, 0.15) is 29.9 Å². The van der Waals surface area contributed by atoms with E-state index >= 15 is 0 Å². The number of urea groups is 1. The van der Waals surface area contributed by atoms with Crippen molar-refractivity contribution in [2.75, 3.05) is 5.32 Å². The first kappa shape index (κ1) is 16.8. The van der Waals surface area contributed by atoms with Crippen LogP contribution in [-0.4, -0.2) is 21.0 Å². The third kappa shape index (κ3) is 3.55. The smallest absolute Gasteiger partial charge is 0.320 e. The first-order valence-electron chi connectivity index (χ1n) is 8.05. The van der Waals surface area contributed by atoms with E-state index < -0.39 is 0 Å². The summed E-state index contributed by atoms with van der Waals surface area (Å²) in [5.74, 6) is 0.964. The standard InChI is InChI=1S/C18H21N5O2/c1-11(17-12(2)21-23(4)13(17)3)19-18(24)20-16-10-15(25-22-16)14-8-6-5-7-9-14/h5-11H,1-4H3,(H2,19,20,22,24)/t11-/m0/s1. The number of carbonyl (C=O) groups is 1. The first-order valence-corrected chi connectivity index (χ1v) is 8.05. The van der Waals surface area contributed by atoms with Crippen LogP contribution in [0, 0.1) is 13.8 Å². The second-order valence-corrected chi connectivity index (χ2v) is 5.97. The summed E-state index contributed by atoms with van der Waals surface area (Å²) >= 11 is 0. The van der Waals surface area contributed by atoms with Gasteiger partial charge in [0.05, 0.1) is 11.7 Å². The molecule has 1 aromatic carbocycles. The molecule has 1 atom stereocenters. The molecule has 0 radical (unpaired) electrons. The molecular weight excluding hydrogens is 318 g/mol. The fourth-order valence-corrected chi connectivity index (χ4v) is 2.91. The van der Waals surface area contributed by atoms with Crippen LogP contribution in [-0.2, 0) is 7.05 Å². The van der Waals surface area contributed by atoms with Gasteiger partial charge in [-0.3, -0.25) is 10.00 Å². The van der Waals surface area contributed by atoms with E-state index in [1.807, 2.05) is 62.8 Å². The van der Waals surface area contributed by atoms with Gasteiger partial charge in [-0.1, -0.05) is 35.5 Å². The highest BCUT2D eigenvalue weighted by Gasteiger charge is 2.18. The average molecular weight is 339 g/mol. The normalized spacial score (nSPS) is 12.0. The van der Waals surface area contributed by atoms with Crippen molar-refractivity contribution in [2.24, 2.45) is 7.05 Å². The Labute approximate surface area is 146 Å². The monoisotopic (exact) mass is 339 g/mol. The number of nitrogens with one attached hydrogen (secondary N) is 2. The van der Waals surface area contributed by atoms with Crippen LogP contribution in [0.2, 0.25) is 0 Å². The molecule has 2 N–H and O–H groups in total. The van der Waals surface area contributed by atoms with Crippen molar-refractivity contribution < 1.29 is 9.32 Å². The molecule has 0 aliphatic carbocycles. The number of aryl methyl sites for hydroxylation is 2. The van der Waals surface area contributed by atoms with E-state index in [0.717, 1.165) is 22.5 Å². The SMILES string of the molecule is Cc1nn(C)c(C)c1[C@H](C)NC(=O)Nc1cc(-c2ccccc2)on1. The van der Waals surface area contributed by atoms with Crippen LogP contribution in [0.15, 0.2) is 40.9 Å². The molecule has 3 aromatic rings. The molecule has 2 amide bonds. The number of anilines is 1. The number of amides is 2. The Morgan fingerprint density at radius 2 is 1.96 bits per heavy atom. The molecule has 0 spiro atoms. The van der Waals surface area contributed by atoms with Gasteiger partial charge in [-0.25, -0.2) is 4.79 Å². The van der Waals surface area contributed by atoms with Crippen LogP contribution < -0.4 is 10.6 Å². The quantitative estimate of drug-likeness (QED) is 0.761. The molecule has 0 saturated carbocycles. The summed E-state index contributed by atoms with van der Waals surface area (Å²) in [6.07, 6.45) is 0. The van der Waals surface area contributed by atoms with E-state index in [1.54, 1.807) is 6.07 Å². The molecule has 0 unspecified atom stereocenters. The van der Waals surface area contributed by atoms with E-state index in [1.165, 1.54) is 0 Å². The Bertz CT molecular complexity index is 882. The zero-order valence-corrected chi connectivity index (χ0v) is 14.7. The molecule has 7 heteroatoms. The lowest BCUT2D eigenvalue weighted by atomic mass is 10.1. The maximum Gasteiger partial charge on any atom is 0.320 e. The molecule has 0 aliphatic rings. The predicted octanol–water partition coefficient (Wildman–Crippen LogP) is 3.57. The second-order valence-electron chi connectivity index (χ2n) is 5.97. The number of carbonyl (C=O) groups excluding carboxylic acids is 1. The van der Waals surface area contributed by atoms with Gasteiger partial charge in [0.2, 0.25) is 0 Å². The zero-order chi connectivity index (χ0) is 18.0. The van der Waals surface area contributed by atoms with Crippen molar-refractivity contribution >= 4 is 11.8 Å². The molecule has 25 heavy (non-hydrogen) atoms. The van der Waals surface area contributed by atoms with Gasteiger partial charge in [0, 0.05) is 29.9 Å². The molecule has 0 bridgehead atoms. The summed E-state index contributed by atoms with van der Waals surface area (Å²) in [4.78, 5) is 12.2. The summed E-state index contributed by atoms with van der Waals surface area (Å²) in [5.41, 5.74) is 3.85. The van der Waals surface area contributed by atoms with Crippen molar-refractivity contribution in [3.05, 3.63) is 53.3 Å². The summed E-state index contributed by atoms with van der Waals surface area (Å²) in [6, 6.07) is 10.8. The topological polar surface area (TPSA) is 85.0 Å². The van der Waals surface area contributed by atoms with Gasteiger partial charge in [-0.15, -0.1) is 0 Å². The van der Waals surface area contributed by atoms with Crippen LogP contribution in [0.4, 0.5) is 10.6 Å². The minimum Gasteiger partial charge on any atom is -0.354 e. The van der Waals surface area contributed by atoms with Gasteiger partial charge in [-0.05, 0) is 20.8 Å². The largest absolute Gasteiger partial charge is 0.354 e. The van der Waals surface area contributed by atoms with E-state index in [4.69, 9.17) is 4.52 Å². The Hall–Kier alpha value is -3.09. The number of aromatic nitrogens is 3. The van der Waals surface area contributed by atoms with Crippen molar-refractivity contribution in [2.45, 2.75) is 26.8 Å². The fourth-order valence-electron chi connectivity index (χ4n) is 2.91. The highest BCUT2D eigenvalue weighted by Crippen LogP contribution is 2.23. The van der Waals surface area contributed by atoms with E-state index in [9.17, 15) is 4.79 Å². The molecule has 0 aliphatic heterocycles. The fraction of sp³-hybridized carbons (Fsp3) is 0.278. The average Bonchev–Trinajstić information content (AvgIpc) is 3.13. The van der Waals surface area contributed by atoms with Gasteiger partial charge < -0.3 is 9.84 Å². The number of hydrogen-bond donors (Lipinski definition) is 2. The minimum absolute atomic E-state index is 0.172. The Kier molecular flexibility index (Phi) is 4.56. The Balaban J connectivity index is 1.66. The Morgan fingerprint density at radius 1 is 1.24 bits per heavy atom. The highest BCUT2D eigenvalue weighted by molar-refractivity contribution is 5.89. The van der Waals surface area contributed by atoms with Gasteiger partial charge in [0.25, 0.3) is 0 Å². The molecule has 7 nitrogen and oxygen atoms in total. The van der Waals surface area contributed by atoms with Gasteiger partial charge >= 0.3 is 6.03 Å². The minimum atomic E-state index is -0.344. The van der Waals surface area contributed by atoms with Crippen LogP contribution in [0.3, 0.4) is 0 Å². The van der Waals surface area contributed by atoms with Crippen LogP contribution in [0.5, 0.6) is 0 Å². The molecule has 130 valence electrons. The zero-order valence-electron chi connectivity index (χ0n) is 14.7. The predicted molar refractivity (Wildman–Crippen MR) is 95.2 cm³/mol. The van der Waals surface area contributed by atoms with Gasteiger partial charge in [-0.2, -0.15) is 5.10 Å². The maximum absolute atomic E-state index is 12.2.